The van der Waals surface area contributed by atoms with Crippen molar-refractivity contribution in [1.29, 1.82) is 0 Å². The first-order valence-electron chi connectivity index (χ1n) is 3.82. The Kier molecular flexibility index (Phi) is 3.24. The number of aromatic nitrogens is 4. The summed E-state index contributed by atoms with van der Waals surface area (Å²) in [6.45, 7) is 1.70. The monoisotopic (exact) mass is 182 g/mol. The third-order valence-corrected chi connectivity index (χ3v) is 1.40. The molecule has 0 amide bonds. The number of aryl methyl sites for hydroxylation is 2. The van der Waals surface area contributed by atoms with Crippen LogP contribution >= 0.6 is 0 Å². The maximum absolute atomic E-state index is 10.7. The molecule has 0 unspecified atom stereocenters. The van der Waals surface area contributed by atoms with Crippen molar-refractivity contribution in [2.24, 2.45) is 0 Å². The number of nitrogens with zero attached hydrogens (tertiary/aromatic N) is 4. The maximum atomic E-state index is 10.7. The number of hydrogen-bond acceptors (Lipinski definition) is 6. The van der Waals surface area contributed by atoms with Crippen LogP contribution in [0.15, 0.2) is 0 Å². The summed E-state index contributed by atoms with van der Waals surface area (Å²) in [7, 11) is 1.34. The van der Waals surface area contributed by atoms with E-state index in [0.717, 1.165) is 0 Å². The number of rotatable bonds is 3. The first-order chi connectivity index (χ1) is 6.22. The Morgan fingerprint density at radius 1 is 1.31 bits per heavy atom. The zero-order valence-corrected chi connectivity index (χ0v) is 7.52. The SMILES string of the molecule is COC(=O)CCc1nnc(C)nn1. The van der Waals surface area contributed by atoms with Crippen LogP contribution < -0.4 is 0 Å². The molecule has 1 heterocycles. The predicted molar refractivity (Wildman–Crippen MR) is 42.7 cm³/mol. The molecule has 0 aliphatic heterocycles. The van der Waals surface area contributed by atoms with Gasteiger partial charge in [-0.1, -0.05) is 0 Å². The largest absolute Gasteiger partial charge is 0.469 e. The molecule has 1 rings (SSSR count). The van der Waals surface area contributed by atoms with E-state index in [4.69, 9.17) is 0 Å². The van der Waals surface area contributed by atoms with Gasteiger partial charge >= 0.3 is 5.97 Å². The van der Waals surface area contributed by atoms with Crippen LogP contribution in [0.2, 0.25) is 0 Å². The second kappa shape index (κ2) is 4.44. The van der Waals surface area contributed by atoms with E-state index < -0.39 is 0 Å². The van der Waals surface area contributed by atoms with Gasteiger partial charge in [0.1, 0.15) is 0 Å². The second-order valence-corrected chi connectivity index (χ2v) is 2.44. The van der Waals surface area contributed by atoms with Crippen LogP contribution in [0.5, 0.6) is 0 Å². The van der Waals surface area contributed by atoms with Gasteiger partial charge in [0.2, 0.25) is 0 Å². The van der Waals surface area contributed by atoms with E-state index in [-0.39, 0.29) is 12.4 Å². The molecule has 13 heavy (non-hydrogen) atoms. The van der Waals surface area contributed by atoms with Crippen molar-refractivity contribution in [3.05, 3.63) is 11.6 Å². The molecule has 0 aliphatic rings. The Labute approximate surface area is 75.3 Å². The van der Waals surface area contributed by atoms with Crippen molar-refractivity contribution >= 4 is 5.97 Å². The lowest BCUT2D eigenvalue weighted by molar-refractivity contribution is -0.140. The average Bonchev–Trinajstić information content (AvgIpc) is 2.16. The van der Waals surface area contributed by atoms with Crippen LogP contribution in [0.4, 0.5) is 0 Å². The van der Waals surface area contributed by atoms with Crippen LogP contribution in [0, 0.1) is 6.92 Å². The van der Waals surface area contributed by atoms with E-state index >= 15 is 0 Å². The van der Waals surface area contributed by atoms with Gasteiger partial charge < -0.3 is 4.74 Å². The highest BCUT2D eigenvalue weighted by Gasteiger charge is 2.04. The van der Waals surface area contributed by atoms with Gasteiger partial charge in [-0.15, -0.1) is 20.4 Å². The van der Waals surface area contributed by atoms with Crippen LogP contribution in [0.1, 0.15) is 18.1 Å². The molecule has 0 atom stereocenters. The molecule has 1 aromatic heterocycles. The summed E-state index contributed by atoms with van der Waals surface area (Å²) in [4.78, 5) is 10.7. The number of methoxy groups -OCH3 is 1. The Morgan fingerprint density at radius 3 is 2.46 bits per heavy atom. The summed E-state index contributed by atoms with van der Waals surface area (Å²) in [5.74, 6) is 0.682. The van der Waals surface area contributed by atoms with Crippen molar-refractivity contribution < 1.29 is 9.53 Å². The van der Waals surface area contributed by atoms with Crippen molar-refractivity contribution in [3.8, 4) is 0 Å². The van der Waals surface area contributed by atoms with Gasteiger partial charge in [0.05, 0.1) is 13.5 Å². The molecule has 0 spiro atoms. The van der Waals surface area contributed by atoms with E-state index in [1.165, 1.54) is 7.11 Å². The summed E-state index contributed by atoms with van der Waals surface area (Å²) in [5, 5.41) is 14.9. The third kappa shape index (κ3) is 3.10. The molecule has 6 heteroatoms. The number of carbonyl (C=O) groups excluding carboxylic acids is 1. The van der Waals surface area contributed by atoms with E-state index in [1.54, 1.807) is 6.92 Å². The number of esters is 1. The molecule has 0 radical (unpaired) electrons. The third-order valence-electron chi connectivity index (χ3n) is 1.40. The van der Waals surface area contributed by atoms with Gasteiger partial charge in [0.15, 0.2) is 11.6 Å². The first-order valence-corrected chi connectivity index (χ1v) is 3.82. The first kappa shape index (κ1) is 9.50. The Balaban J connectivity index is 2.46. The van der Waals surface area contributed by atoms with Crippen LogP contribution in [0.25, 0.3) is 0 Å². The van der Waals surface area contributed by atoms with E-state index in [0.29, 0.717) is 18.1 Å². The lowest BCUT2D eigenvalue weighted by atomic mass is 10.3. The molecule has 70 valence electrons. The van der Waals surface area contributed by atoms with Crippen LogP contribution in [-0.2, 0) is 16.0 Å². The van der Waals surface area contributed by atoms with Gasteiger partial charge in [-0.3, -0.25) is 4.79 Å². The van der Waals surface area contributed by atoms with Crippen molar-refractivity contribution in [2.75, 3.05) is 7.11 Å². The number of ether oxygens (including phenoxy) is 1. The highest BCUT2D eigenvalue weighted by Crippen LogP contribution is 1.93. The molecule has 0 fully saturated rings. The molecule has 6 nitrogen and oxygen atoms in total. The fourth-order valence-corrected chi connectivity index (χ4v) is 0.716. The number of hydrogen-bond donors (Lipinski definition) is 0. The minimum atomic E-state index is -0.288. The van der Waals surface area contributed by atoms with E-state index in [9.17, 15) is 4.79 Å². The summed E-state index contributed by atoms with van der Waals surface area (Å²) >= 11 is 0. The fraction of sp³-hybridized carbons (Fsp3) is 0.571. The quantitative estimate of drug-likeness (QED) is 0.596. The summed E-state index contributed by atoms with van der Waals surface area (Å²) in [6.07, 6.45) is 0.663. The minimum absolute atomic E-state index is 0.253. The fourth-order valence-electron chi connectivity index (χ4n) is 0.716. The van der Waals surface area contributed by atoms with E-state index in [2.05, 4.69) is 25.1 Å². The summed E-state index contributed by atoms with van der Waals surface area (Å²) in [6, 6.07) is 0. The second-order valence-electron chi connectivity index (χ2n) is 2.44. The molecule has 0 aliphatic carbocycles. The lowest BCUT2D eigenvalue weighted by Gasteiger charge is -1.96. The van der Waals surface area contributed by atoms with Crippen molar-refractivity contribution in [3.63, 3.8) is 0 Å². The van der Waals surface area contributed by atoms with Crippen LogP contribution in [-0.4, -0.2) is 33.5 Å². The van der Waals surface area contributed by atoms with Crippen LogP contribution in [0.3, 0.4) is 0 Å². The molecule has 0 bridgehead atoms. The standard InChI is InChI=1S/C7H10N4O2/c1-5-8-10-6(11-9-5)3-4-7(12)13-2/h3-4H2,1-2H3. The molecule has 1 aromatic rings. The normalized spacial score (nSPS) is 9.69. The maximum Gasteiger partial charge on any atom is 0.305 e. The number of carbonyl (C=O) groups is 1. The molecular formula is C7H10N4O2. The van der Waals surface area contributed by atoms with Gasteiger partial charge in [0, 0.05) is 6.42 Å². The Morgan fingerprint density at radius 2 is 1.92 bits per heavy atom. The zero-order valence-electron chi connectivity index (χ0n) is 7.52. The Bertz CT molecular complexity index is 285. The van der Waals surface area contributed by atoms with Crippen molar-refractivity contribution in [1.82, 2.24) is 20.4 Å². The van der Waals surface area contributed by atoms with Gasteiger partial charge in [-0.25, -0.2) is 0 Å². The molecule has 0 saturated heterocycles. The van der Waals surface area contributed by atoms with Gasteiger partial charge in [-0.2, -0.15) is 0 Å². The highest BCUT2D eigenvalue weighted by molar-refractivity contribution is 5.69. The smallest absolute Gasteiger partial charge is 0.305 e. The minimum Gasteiger partial charge on any atom is -0.469 e. The summed E-state index contributed by atoms with van der Waals surface area (Å²) < 4.78 is 4.46. The average molecular weight is 182 g/mol. The lowest BCUT2D eigenvalue weighted by Crippen LogP contribution is -2.07. The molecule has 0 aromatic carbocycles. The zero-order chi connectivity index (χ0) is 9.68. The molecule has 0 saturated carbocycles. The molecular weight excluding hydrogens is 172 g/mol. The van der Waals surface area contributed by atoms with Gasteiger partial charge in [0.25, 0.3) is 0 Å². The topological polar surface area (TPSA) is 77.9 Å². The van der Waals surface area contributed by atoms with E-state index in [1.807, 2.05) is 0 Å². The molecule has 0 N–H and O–H groups in total. The Hall–Kier alpha value is -1.59. The summed E-state index contributed by atoms with van der Waals surface area (Å²) in [5.41, 5.74) is 0. The van der Waals surface area contributed by atoms with Crippen molar-refractivity contribution in [2.45, 2.75) is 19.8 Å². The predicted octanol–water partition coefficient (Wildman–Crippen LogP) is -0.319. The van der Waals surface area contributed by atoms with Gasteiger partial charge in [-0.05, 0) is 6.92 Å². The highest BCUT2D eigenvalue weighted by atomic mass is 16.5.